The third-order valence-electron chi connectivity index (χ3n) is 2.02. The van der Waals surface area contributed by atoms with Crippen LogP contribution in [0.25, 0.3) is 0 Å². The van der Waals surface area contributed by atoms with Gasteiger partial charge in [-0.2, -0.15) is 13.2 Å². The molecule has 0 radical (unpaired) electrons. The summed E-state index contributed by atoms with van der Waals surface area (Å²) < 4.78 is 35.4. The highest BCUT2D eigenvalue weighted by molar-refractivity contribution is 5.85. The van der Waals surface area contributed by atoms with Crippen molar-refractivity contribution in [2.24, 2.45) is 0 Å². The van der Waals surface area contributed by atoms with Crippen molar-refractivity contribution in [1.29, 1.82) is 0 Å². The molecule has 1 aliphatic rings. The summed E-state index contributed by atoms with van der Waals surface area (Å²) in [5.41, 5.74) is 0. The standard InChI is InChI=1S/C8H13F3N2O.ClH/c9-8(10,11)4-7(14)13-6-2-1-3-12-5-6;/h6,12H,1-5H2,(H,13,14);1H/t6-;/m1./s1. The normalized spacial score (nSPS) is 21.7. The highest BCUT2D eigenvalue weighted by Crippen LogP contribution is 2.19. The van der Waals surface area contributed by atoms with Crippen molar-refractivity contribution in [2.75, 3.05) is 13.1 Å². The van der Waals surface area contributed by atoms with Gasteiger partial charge >= 0.3 is 6.18 Å². The van der Waals surface area contributed by atoms with Gasteiger partial charge in [0.2, 0.25) is 5.91 Å². The molecule has 1 amide bonds. The largest absolute Gasteiger partial charge is 0.397 e. The van der Waals surface area contributed by atoms with E-state index in [0.717, 1.165) is 19.4 Å². The first-order valence-electron chi connectivity index (χ1n) is 4.54. The van der Waals surface area contributed by atoms with E-state index in [2.05, 4.69) is 10.6 Å². The molecule has 0 saturated carbocycles. The number of carbonyl (C=O) groups is 1. The maximum atomic E-state index is 11.8. The zero-order valence-corrected chi connectivity index (χ0v) is 8.88. The number of alkyl halides is 3. The van der Waals surface area contributed by atoms with Gasteiger partial charge in [-0.1, -0.05) is 0 Å². The molecule has 7 heteroatoms. The molecule has 2 N–H and O–H groups in total. The summed E-state index contributed by atoms with van der Waals surface area (Å²) in [6, 6.07) is -0.154. The zero-order chi connectivity index (χ0) is 10.6. The van der Waals surface area contributed by atoms with Crippen LogP contribution < -0.4 is 10.6 Å². The van der Waals surface area contributed by atoms with Gasteiger partial charge in [-0.25, -0.2) is 0 Å². The fraction of sp³-hybridized carbons (Fsp3) is 0.875. The van der Waals surface area contributed by atoms with Gasteiger partial charge < -0.3 is 10.6 Å². The van der Waals surface area contributed by atoms with Gasteiger partial charge in [0.15, 0.2) is 0 Å². The number of rotatable bonds is 2. The van der Waals surface area contributed by atoms with Gasteiger partial charge in [0.1, 0.15) is 6.42 Å². The summed E-state index contributed by atoms with van der Waals surface area (Å²) in [4.78, 5) is 10.9. The average molecular weight is 247 g/mol. The second-order valence-electron chi connectivity index (χ2n) is 3.40. The average Bonchev–Trinajstić information content (AvgIpc) is 2.02. The van der Waals surface area contributed by atoms with Crippen LogP contribution in [0.1, 0.15) is 19.3 Å². The van der Waals surface area contributed by atoms with Crippen molar-refractivity contribution in [3.63, 3.8) is 0 Å². The topological polar surface area (TPSA) is 41.1 Å². The van der Waals surface area contributed by atoms with Crippen LogP contribution in [0.3, 0.4) is 0 Å². The smallest absolute Gasteiger partial charge is 0.352 e. The number of amides is 1. The fourth-order valence-corrected chi connectivity index (χ4v) is 1.44. The van der Waals surface area contributed by atoms with Crippen molar-refractivity contribution in [2.45, 2.75) is 31.5 Å². The molecule has 1 heterocycles. The number of piperidine rings is 1. The van der Waals surface area contributed by atoms with Gasteiger partial charge in [-0.3, -0.25) is 4.79 Å². The number of carbonyl (C=O) groups excluding carboxylic acids is 1. The van der Waals surface area contributed by atoms with E-state index in [1.807, 2.05) is 0 Å². The molecule has 1 rings (SSSR count). The van der Waals surface area contributed by atoms with Crippen molar-refractivity contribution in [1.82, 2.24) is 10.6 Å². The van der Waals surface area contributed by atoms with Crippen LogP contribution >= 0.6 is 12.4 Å². The Bertz CT molecular complexity index is 205. The Kier molecular flexibility index (Phi) is 5.97. The Morgan fingerprint density at radius 3 is 2.60 bits per heavy atom. The monoisotopic (exact) mass is 246 g/mol. The first-order chi connectivity index (χ1) is 6.47. The lowest BCUT2D eigenvalue weighted by molar-refractivity contribution is -0.154. The Morgan fingerprint density at radius 2 is 2.13 bits per heavy atom. The molecule has 0 unspecified atom stereocenters. The van der Waals surface area contributed by atoms with Crippen LogP contribution in [0.15, 0.2) is 0 Å². The first-order valence-corrected chi connectivity index (χ1v) is 4.54. The van der Waals surface area contributed by atoms with Crippen LogP contribution in [0.5, 0.6) is 0 Å². The van der Waals surface area contributed by atoms with E-state index < -0.39 is 18.5 Å². The number of hydrogen-bond donors (Lipinski definition) is 2. The summed E-state index contributed by atoms with van der Waals surface area (Å²) in [6.45, 7) is 1.43. The van der Waals surface area contributed by atoms with E-state index in [1.54, 1.807) is 0 Å². The van der Waals surface area contributed by atoms with E-state index in [9.17, 15) is 18.0 Å². The van der Waals surface area contributed by atoms with Crippen LogP contribution in [-0.4, -0.2) is 31.2 Å². The highest BCUT2D eigenvalue weighted by atomic mass is 35.5. The second-order valence-corrected chi connectivity index (χ2v) is 3.40. The summed E-state index contributed by atoms with van der Waals surface area (Å²) in [6.07, 6.45) is -4.16. The van der Waals surface area contributed by atoms with Gasteiger partial charge in [-0.15, -0.1) is 12.4 Å². The fourth-order valence-electron chi connectivity index (χ4n) is 1.44. The van der Waals surface area contributed by atoms with Crippen LogP contribution in [0.4, 0.5) is 13.2 Å². The summed E-state index contributed by atoms with van der Waals surface area (Å²) >= 11 is 0. The quantitative estimate of drug-likeness (QED) is 0.770. The predicted octanol–water partition coefficient (Wildman–Crippen LogP) is 1.23. The molecule has 0 aromatic carbocycles. The predicted molar refractivity (Wildman–Crippen MR) is 52.0 cm³/mol. The van der Waals surface area contributed by atoms with Crippen molar-refractivity contribution in [3.8, 4) is 0 Å². The Labute approximate surface area is 92.2 Å². The second kappa shape index (κ2) is 6.17. The van der Waals surface area contributed by atoms with E-state index >= 15 is 0 Å². The molecule has 1 aliphatic heterocycles. The molecule has 1 saturated heterocycles. The SMILES string of the molecule is Cl.O=C(CC(F)(F)F)N[C@@H]1CCCNC1. The molecule has 0 aliphatic carbocycles. The van der Waals surface area contributed by atoms with E-state index in [1.165, 1.54) is 0 Å². The first kappa shape index (κ1) is 14.5. The van der Waals surface area contributed by atoms with E-state index in [-0.39, 0.29) is 18.4 Å². The van der Waals surface area contributed by atoms with Gasteiger partial charge in [0.05, 0.1) is 0 Å². The van der Waals surface area contributed by atoms with Crippen molar-refractivity contribution in [3.05, 3.63) is 0 Å². The maximum absolute atomic E-state index is 11.8. The molecular formula is C8H14ClF3N2O. The molecule has 3 nitrogen and oxygen atoms in total. The lowest BCUT2D eigenvalue weighted by Gasteiger charge is -2.23. The van der Waals surface area contributed by atoms with Crippen molar-refractivity contribution < 1.29 is 18.0 Å². The highest BCUT2D eigenvalue weighted by Gasteiger charge is 2.32. The van der Waals surface area contributed by atoms with Crippen LogP contribution in [0.2, 0.25) is 0 Å². The lowest BCUT2D eigenvalue weighted by atomic mass is 10.1. The van der Waals surface area contributed by atoms with Gasteiger partial charge in [0.25, 0.3) is 0 Å². The third-order valence-corrected chi connectivity index (χ3v) is 2.02. The Morgan fingerprint density at radius 1 is 1.47 bits per heavy atom. The molecule has 0 aromatic heterocycles. The molecule has 15 heavy (non-hydrogen) atoms. The van der Waals surface area contributed by atoms with E-state index in [4.69, 9.17) is 0 Å². The number of nitrogens with one attached hydrogen (secondary N) is 2. The summed E-state index contributed by atoms with van der Waals surface area (Å²) in [5, 5.41) is 5.36. The minimum Gasteiger partial charge on any atom is -0.352 e. The minimum absolute atomic E-state index is 0. The Balaban J connectivity index is 0.00000196. The van der Waals surface area contributed by atoms with Crippen LogP contribution in [-0.2, 0) is 4.79 Å². The molecular weight excluding hydrogens is 233 g/mol. The summed E-state index contributed by atoms with van der Waals surface area (Å²) in [5.74, 6) is -0.939. The zero-order valence-electron chi connectivity index (χ0n) is 8.06. The minimum atomic E-state index is -4.41. The molecule has 0 aromatic rings. The molecule has 1 fully saturated rings. The molecule has 1 atom stereocenters. The summed E-state index contributed by atoms with van der Waals surface area (Å²) in [7, 11) is 0. The Hall–Kier alpha value is -0.490. The molecule has 0 spiro atoms. The van der Waals surface area contributed by atoms with E-state index in [0.29, 0.717) is 6.54 Å². The molecule has 0 bridgehead atoms. The maximum Gasteiger partial charge on any atom is 0.397 e. The third kappa shape index (κ3) is 6.57. The van der Waals surface area contributed by atoms with Crippen LogP contribution in [0, 0.1) is 0 Å². The van der Waals surface area contributed by atoms with Gasteiger partial charge in [-0.05, 0) is 19.4 Å². The number of halogens is 4. The lowest BCUT2D eigenvalue weighted by Crippen LogP contribution is -2.46. The number of hydrogen-bond acceptors (Lipinski definition) is 2. The molecule has 90 valence electrons. The van der Waals surface area contributed by atoms with Gasteiger partial charge in [0, 0.05) is 12.6 Å². The van der Waals surface area contributed by atoms with Crippen molar-refractivity contribution >= 4 is 18.3 Å².